The van der Waals surface area contributed by atoms with Gasteiger partial charge in [-0.1, -0.05) is 12.8 Å². The van der Waals surface area contributed by atoms with Gasteiger partial charge in [-0.3, -0.25) is 15.0 Å². The van der Waals surface area contributed by atoms with E-state index in [9.17, 15) is 15.2 Å². The Balaban J connectivity index is 0.00000156. The molecule has 25 heavy (non-hydrogen) atoms. The Labute approximate surface area is 159 Å². The first-order chi connectivity index (χ1) is 11.1. The van der Waals surface area contributed by atoms with Crippen molar-refractivity contribution in [1.29, 1.82) is 0 Å². The van der Waals surface area contributed by atoms with Crippen LogP contribution in [0.4, 0.5) is 5.69 Å². The number of nitrogens with one attached hydrogen (secondary N) is 1. The van der Waals surface area contributed by atoms with E-state index in [-0.39, 0.29) is 42.3 Å². The molecule has 0 radical (unpaired) electrons. The molecule has 1 aliphatic heterocycles. The highest BCUT2D eigenvalue weighted by Crippen LogP contribution is 2.44. The number of phenolic OH excluding ortho intramolecular Hbond substituents is 1. The topological polar surface area (TPSA) is 87.9 Å². The van der Waals surface area contributed by atoms with Crippen LogP contribution in [0.3, 0.4) is 0 Å². The average molecular weight is 394 g/mol. The number of rotatable bonds is 6. The number of ether oxygens (including phenoxy) is 1. The Hall–Kier alpha value is -1.28. The second kappa shape index (κ2) is 9.43. The lowest BCUT2D eigenvalue weighted by atomic mass is 9.97. The van der Waals surface area contributed by atoms with E-state index in [2.05, 4.69) is 10.2 Å². The van der Waals surface area contributed by atoms with E-state index in [0.717, 1.165) is 38.2 Å². The second-order valence-electron chi connectivity index (χ2n) is 6.33. The quantitative estimate of drug-likeness (QED) is 0.570. The molecule has 1 aromatic rings. The fraction of sp³-hybridized carbons (Fsp3) is 0.625. The van der Waals surface area contributed by atoms with Crippen LogP contribution in [0.1, 0.15) is 30.9 Å². The number of hydrogen-bond donors (Lipinski definition) is 2. The summed E-state index contributed by atoms with van der Waals surface area (Å²) in [6.07, 6.45) is 3.48. The Morgan fingerprint density at radius 2 is 2.00 bits per heavy atom. The van der Waals surface area contributed by atoms with Gasteiger partial charge in [0.25, 0.3) is 0 Å². The number of phenols is 1. The van der Waals surface area contributed by atoms with Gasteiger partial charge in [0, 0.05) is 38.3 Å². The number of piperazine rings is 1. The summed E-state index contributed by atoms with van der Waals surface area (Å²) >= 11 is 0. The summed E-state index contributed by atoms with van der Waals surface area (Å²) in [4.78, 5) is 13.1. The fourth-order valence-corrected chi connectivity index (χ4v) is 3.26. The summed E-state index contributed by atoms with van der Waals surface area (Å²) in [6.45, 7) is 3.71. The van der Waals surface area contributed by atoms with Crippen molar-refractivity contribution in [1.82, 2.24) is 10.2 Å². The number of nitro benzene ring substituents is 1. The molecular formula is C16H25Cl2N3O4. The van der Waals surface area contributed by atoms with Crippen LogP contribution in [0.2, 0.25) is 0 Å². The van der Waals surface area contributed by atoms with Crippen LogP contribution in [0.25, 0.3) is 0 Å². The van der Waals surface area contributed by atoms with Crippen molar-refractivity contribution >= 4 is 30.5 Å². The first-order valence-electron chi connectivity index (χ1n) is 8.10. The number of benzene rings is 1. The molecular weight excluding hydrogens is 369 g/mol. The molecule has 0 unspecified atom stereocenters. The normalized spacial score (nSPS) is 18.6. The molecule has 3 rings (SSSR count). The molecule has 1 saturated carbocycles. The minimum Gasteiger partial charge on any atom is -0.500 e. The van der Waals surface area contributed by atoms with Gasteiger partial charge in [0.15, 0.2) is 5.75 Å². The summed E-state index contributed by atoms with van der Waals surface area (Å²) in [7, 11) is 1.42. The standard InChI is InChI=1S/C16H23N3O4.2ClH/c1-23-15-10-12(9-14(16(15)20)19(21)22)13(8-11-2-3-11)18-6-4-17-5-7-18;;/h9-11,13,17,20H,2-8H2,1H3;2*1H/t13-;;/m1../s1. The number of aromatic hydroxyl groups is 1. The highest BCUT2D eigenvalue weighted by Gasteiger charge is 2.32. The van der Waals surface area contributed by atoms with Crippen LogP contribution in [0.15, 0.2) is 12.1 Å². The molecule has 2 N–H and O–H groups in total. The van der Waals surface area contributed by atoms with Gasteiger partial charge in [-0.2, -0.15) is 0 Å². The van der Waals surface area contributed by atoms with E-state index in [1.54, 1.807) is 6.07 Å². The van der Waals surface area contributed by atoms with E-state index < -0.39 is 10.7 Å². The molecule has 0 spiro atoms. The van der Waals surface area contributed by atoms with E-state index in [1.165, 1.54) is 26.0 Å². The summed E-state index contributed by atoms with van der Waals surface area (Å²) in [5, 5.41) is 24.6. The van der Waals surface area contributed by atoms with Crippen LogP contribution in [-0.2, 0) is 0 Å². The van der Waals surface area contributed by atoms with Gasteiger partial charge in [-0.05, 0) is 24.0 Å². The van der Waals surface area contributed by atoms with E-state index in [0.29, 0.717) is 5.92 Å². The maximum Gasteiger partial charge on any atom is 0.314 e. The zero-order valence-corrected chi connectivity index (χ0v) is 15.8. The Bertz CT molecular complexity index is 593. The first-order valence-corrected chi connectivity index (χ1v) is 8.10. The molecule has 0 amide bonds. The van der Waals surface area contributed by atoms with Crippen molar-refractivity contribution in [2.75, 3.05) is 33.3 Å². The van der Waals surface area contributed by atoms with E-state index >= 15 is 0 Å². The van der Waals surface area contributed by atoms with Gasteiger partial charge in [0.1, 0.15) is 0 Å². The Kier molecular flexibility index (Phi) is 8.21. The minimum absolute atomic E-state index is 0. The molecule has 2 fully saturated rings. The average Bonchev–Trinajstić information content (AvgIpc) is 3.38. The van der Waals surface area contributed by atoms with Crippen LogP contribution in [-0.4, -0.2) is 48.2 Å². The van der Waals surface area contributed by atoms with Crippen molar-refractivity contribution in [3.05, 3.63) is 27.8 Å². The number of hydrogen-bond acceptors (Lipinski definition) is 6. The van der Waals surface area contributed by atoms with Crippen LogP contribution in [0.5, 0.6) is 11.5 Å². The molecule has 7 nitrogen and oxygen atoms in total. The summed E-state index contributed by atoms with van der Waals surface area (Å²) in [5.41, 5.74) is 0.579. The van der Waals surface area contributed by atoms with Crippen molar-refractivity contribution < 1.29 is 14.8 Å². The van der Waals surface area contributed by atoms with Crippen LogP contribution < -0.4 is 10.1 Å². The van der Waals surface area contributed by atoms with Gasteiger partial charge >= 0.3 is 5.69 Å². The SMILES string of the molecule is COc1cc([C@@H](CC2CC2)N2CCNCC2)cc([N+](=O)[O-])c1O.Cl.Cl. The van der Waals surface area contributed by atoms with Gasteiger partial charge in [0.2, 0.25) is 5.75 Å². The Morgan fingerprint density at radius 3 is 2.52 bits per heavy atom. The second-order valence-corrected chi connectivity index (χ2v) is 6.33. The lowest BCUT2D eigenvalue weighted by molar-refractivity contribution is -0.386. The summed E-state index contributed by atoms with van der Waals surface area (Å²) < 4.78 is 5.15. The molecule has 1 aliphatic carbocycles. The molecule has 9 heteroatoms. The van der Waals surface area contributed by atoms with Crippen LogP contribution >= 0.6 is 24.8 Å². The molecule has 0 aromatic heterocycles. The third-order valence-corrected chi connectivity index (χ3v) is 4.72. The number of nitrogens with zero attached hydrogens (tertiary/aromatic N) is 2. The number of nitro groups is 1. The monoisotopic (exact) mass is 393 g/mol. The smallest absolute Gasteiger partial charge is 0.314 e. The van der Waals surface area contributed by atoms with Crippen molar-refractivity contribution in [2.45, 2.75) is 25.3 Å². The summed E-state index contributed by atoms with van der Waals surface area (Å²) in [5.74, 6) is 0.477. The van der Waals surface area contributed by atoms with E-state index in [4.69, 9.17) is 4.74 Å². The van der Waals surface area contributed by atoms with Gasteiger partial charge in [0.05, 0.1) is 12.0 Å². The maximum atomic E-state index is 11.2. The molecule has 1 aromatic carbocycles. The largest absolute Gasteiger partial charge is 0.500 e. The maximum absolute atomic E-state index is 11.2. The zero-order chi connectivity index (χ0) is 16.4. The predicted octanol–water partition coefficient (Wildman–Crippen LogP) is 2.90. The Morgan fingerprint density at radius 1 is 1.36 bits per heavy atom. The molecule has 1 saturated heterocycles. The number of halogens is 2. The van der Waals surface area contributed by atoms with Gasteiger partial charge in [-0.25, -0.2) is 0 Å². The van der Waals surface area contributed by atoms with Gasteiger partial charge < -0.3 is 15.2 Å². The molecule has 142 valence electrons. The highest BCUT2D eigenvalue weighted by molar-refractivity contribution is 5.85. The van der Waals surface area contributed by atoms with Crippen molar-refractivity contribution in [3.63, 3.8) is 0 Å². The lowest BCUT2D eigenvalue weighted by Crippen LogP contribution is -2.45. The third kappa shape index (κ3) is 5.10. The highest BCUT2D eigenvalue weighted by atomic mass is 35.5. The van der Waals surface area contributed by atoms with E-state index in [1.807, 2.05) is 0 Å². The van der Waals surface area contributed by atoms with Gasteiger partial charge in [-0.15, -0.1) is 24.8 Å². The predicted molar refractivity (Wildman–Crippen MR) is 100 cm³/mol. The minimum atomic E-state index is -0.548. The lowest BCUT2D eigenvalue weighted by Gasteiger charge is -2.35. The van der Waals surface area contributed by atoms with Crippen LogP contribution in [0, 0.1) is 16.0 Å². The van der Waals surface area contributed by atoms with Crippen molar-refractivity contribution in [3.8, 4) is 11.5 Å². The summed E-state index contributed by atoms with van der Waals surface area (Å²) in [6, 6.07) is 3.39. The fourth-order valence-electron chi connectivity index (χ4n) is 3.26. The first kappa shape index (κ1) is 21.8. The molecule has 1 atom stereocenters. The third-order valence-electron chi connectivity index (χ3n) is 4.72. The number of methoxy groups -OCH3 is 1. The van der Waals surface area contributed by atoms with Crippen molar-refractivity contribution in [2.24, 2.45) is 5.92 Å². The molecule has 1 heterocycles. The molecule has 2 aliphatic rings. The molecule has 0 bridgehead atoms. The zero-order valence-electron chi connectivity index (χ0n) is 14.1.